The van der Waals surface area contributed by atoms with E-state index in [1.54, 1.807) is 17.5 Å². The van der Waals surface area contributed by atoms with Gasteiger partial charge in [0.1, 0.15) is 6.10 Å². The van der Waals surface area contributed by atoms with Crippen LogP contribution in [-0.4, -0.2) is 21.7 Å². The molecule has 7 heteroatoms. The zero-order valence-electron chi connectivity index (χ0n) is 13.4. The van der Waals surface area contributed by atoms with Crippen molar-refractivity contribution in [2.75, 3.05) is 11.9 Å². The minimum absolute atomic E-state index is 0.0179. The average molecular weight is 342 g/mol. The second-order valence-corrected chi connectivity index (χ2v) is 6.79. The van der Waals surface area contributed by atoms with Crippen LogP contribution >= 0.6 is 11.3 Å². The number of nitrogens with zero attached hydrogens (tertiary/aromatic N) is 3. The van der Waals surface area contributed by atoms with Gasteiger partial charge in [0, 0.05) is 23.7 Å². The third-order valence-corrected chi connectivity index (χ3v) is 4.82. The van der Waals surface area contributed by atoms with Crippen LogP contribution in [0.1, 0.15) is 35.2 Å². The van der Waals surface area contributed by atoms with Gasteiger partial charge in [-0.1, -0.05) is 11.2 Å². The fourth-order valence-corrected chi connectivity index (χ4v) is 3.42. The zero-order chi connectivity index (χ0) is 16.4. The molecular weight excluding hydrogens is 324 g/mol. The van der Waals surface area contributed by atoms with E-state index in [4.69, 9.17) is 14.2 Å². The van der Waals surface area contributed by atoms with E-state index in [1.807, 2.05) is 19.1 Å². The Balaban J connectivity index is 1.64. The third kappa shape index (κ3) is 3.18. The van der Waals surface area contributed by atoms with E-state index in [2.05, 4.69) is 26.9 Å². The highest BCUT2D eigenvalue weighted by Crippen LogP contribution is 2.34. The molecule has 0 spiro atoms. The number of aryl methyl sites for hydroxylation is 1. The van der Waals surface area contributed by atoms with Crippen LogP contribution in [0.15, 0.2) is 34.3 Å². The van der Waals surface area contributed by atoms with Gasteiger partial charge in [-0.3, -0.25) is 0 Å². The van der Waals surface area contributed by atoms with E-state index < -0.39 is 0 Å². The standard InChI is InChI=1S/C17H18N4O2S/c1-11-8-15(23-21-11)13-10-19-17(18-9-12-4-3-7-24-12)20-16(13)14-5-2-6-22-14/h3-4,7-8,10,14H,2,5-6,9H2,1H3,(H,18,19,20)/t14-/m0/s1. The molecular formula is C17H18N4O2S. The second kappa shape index (κ2) is 6.70. The van der Waals surface area contributed by atoms with Crippen molar-refractivity contribution in [2.24, 2.45) is 0 Å². The van der Waals surface area contributed by atoms with Crippen LogP contribution in [0.4, 0.5) is 5.95 Å². The summed E-state index contributed by atoms with van der Waals surface area (Å²) in [6, 6.07) is 6.02. The minimum atomic E-state index is -0.0179. The molecule has 3 aromatic heterocycles. The van der Waals surface area contributed by atoms with E-state index in [0.29, 0.717) is 18.3 Å². The fraction of sp³-hybridized carbons (Fsp3) is 0.353. The smallest absolute Gasteiger partial charge is 0.223 e. The van der Waals surface area contributed by atoms with Crippen molar-refractivity contribution in [3.05, 3.63) is 46.0 Å². The van der Waals surface area contributed by atoms with Crippen LogP contribution in [0.5, 0.6) is 0 Å². The Hall–Kier alpha value is -2.25. The molecule has 24 heavy (non-hydrogen) atoms. The fourth-order valence-electron chi connectivity index (χ4n) is 2.78. The largest absolute Gasteiger partial charge is 0.372 e. The van der Waals surface area contributed by atoms with E-state index in [0.717, 1.165) is 36.4 Å². The van der Waals surface area contributed by atoms with Crippen molar-refractivity contribution in [3.8, 4) is 11.3 Å². The van der Waals surface area contributed by atoms with Crippen LogP contribution in [0.25, 0.3) is 11.3 Å². The SMILES string of the molecule is Cc1cc(-c2cnc(NCc3cccs3)nc2[C@@H]2CCCO2)on1. The maximum atomic E-state index is 5.84. The van der Waals surface area contributed by atoms with Crippen LogP contribution in [-0.2, 0) is 11.3 Å². The number of aromatic nitrogens is 3. The summed E-state index contributed by atoms with van der Waals surface area (Å²) < 4.78 is 11.2. The molecule has 1 saturated heterocycles. The Kier molecular flexibility index (Phi) is 4.27. The lowest BCUT2D eigenvalue weighted by atomic mass is 10.1. The van der Waals surface area contributed by atoms with Crippen LogP contribution in [0, 0.1) is 6.92 Å². The lowest BCUT2D eigenvalue weighted by Gasteiger charge is -2.14. The summed E-state index contributed by atoms with van der Waals surface area (Å²) in [5, 5.41) is 9.31. The van der Waals surface area contributed by atoms with Gasteiger partial charge < -0.3 is 14.6 Å². The summed E-state index contributed by atoms with van der Waals surface area (Å²) in [4.78, 5) is 10.4. The Morgan fingerprint density at radius 3 is 3.08 bits per heavy atom. The second-order valence-electron chi connectivity index (χ2n) is 5.76. The van der Waals surface area contributed by atoms with Crippen molar-refractivity contribution >= 4 is 17.3 Å². The van der Waals surface area contributed by atoms with Gasteiger partial charge in [0.25, 0.3) is 0 Å². The monoisotopic (exact) mass is 342 g/mol. The predicted molar refractivity (Wildman–Crippen MR) is 91.8 cm³/mol. The molecule has 3 aromatic rings. The number of rotatable bonds is 5. The lowest BCUT2D eigenvalue weighted by molar-refractivity contribution is 0.109. The predicted octanol–water partition coefficient (Wildman–Crippen LogP) is 3.97. The van der Waals surface area contributed by atoms with Gasteiger partial charge in [0.15, 0.2) is 5.76 Å². The van der Waals surface area contributed by atoms with Gasteiger partial charge in [-0.2, -0.15) is 0 Å². The van der Waals surface area contributed by atoms with E-state index in [1.165, 1.54) is 4.88 Å². The number of ether oxygens (including phenoxy) is 1. The first-order valence-electron chi connectivity index (χ1n) is 7.98. The molecule has 0 bridgehead atoms. The summed E-state index contributed by atoms with van der Waals surface area (Å²) in [7, 11) is 0. The first kappa shape index (κ1) is 15.3. The molecule has 1 atom stereocenters. The summed E-state index contributed by atoms with van der Waals surface area (Å²) in [6.45, 7) is 3.38. The Labute approximate surface area is 143 Å². The summed E-state index contributed by atoms with van der Waals surface area (Å²) >= 11 is 1.71. The van der Waals surface area contributed by atoms with Crippen LogP contribution in [0.2, 0.25) is 0 Å². The quantitative estimate of drug-likeness (QED) is 0.756. The van der Waals surface area contributed by atoms with Crippen molar-refractivity contribution < 1.29 is 9.26 Å². The van der Waals surface area contributed by atoms with Gasteiger partial charge in [-0.15, -0.1) is 11.3 Å². The average Bonchev–Trinajstić information content (AvgIpc) is 3.35. The molecule has 6 nitrogen and oxygen atoms in total. The molecule has 124 valence electrons. The van der Waals surface area contributed by atoms with Gasteiger partial charge >= 0.3 is 0 Å². The van der Waals surface area contributed by atoms with E-state index >= 15 is 0 Å². The number of anilines is 1. The molecule has 0 aromatic carbocycles. The Bertz CT molecular complexity index is 810. The van der Waals surface area contributed by atoms with Gasteiger partial charge in [0.05, 0.1) is 23.5 Å². The number of thiophene rings is 1. The minimum Gasteiger partial charge on any atom is -0.372 e. The highest BCUT2D eigenvalue weighted by Gasteiger charge is 2.25. The molecule has 1 fully saturated rings. The lowest BCUT2D eigenvalue weighted by Crippen LogP contribution is -2.08. The molecule has 1 N–H and O–H groups in total. The number of hydrogen-bond donors (Lipinski definition) is 1. The summed E-state index contributed by atoms with van der Waals surface area (Å²) in [5.74, 6) is 1.29. The number of nitrogens with one attached hydrogen (secondary N) is 1. The zero-order valence-corrected chi connectivity index (χ0v) is 14.2. The van der Waals surface area contributed by atoms with E-state index in [9.17, 15) is 0 Å². The highest BCUT2D eigenvalue weighted by atomic mass is 32.1. The molecule has 0 saturated carbocycles. The van der Waals surface area contributed by atoms with Crippen molar-refractivity contribution in [1.82, 2.24) is 15.1 Å². The van der Waals surface area contributed by atoms with Crippen LogP contribution in [0.3, 0.4) is 0 Å². The molecule has 1 aliphatic rings. The van der Waals surface area contributed by atoms with Gasteiger partial charge in [-0.05, 0) is 31.2 Å². The molecule has 0 unspecified atom stereocenters. The normalized spacial score (nSPS) is 17.3. The van der Waals surface area contributed by atoms with Crippen molar-refractivity contribution in [3.63, 3.8) is 0 Å². The third-order valence-electron chi connectivity index (χ3n) is 3.95. The van der Waals surface area contributed by atoms with Crippen molar-refractivity contribution in [2.45, 2.75) is 32.4 Å². The van der Waals surface area contributed by atoms with Gasteiger partial charge in [-0.25, -0.2) is 9.97 Å². The molecule has 4 heterocycles. The van der Waals surface area contributed by atoms with Gasteiger partial charge in [0.2, 0.25) is 5.95 Å². The summed E-state index contributed by atoms with van der Waals surface area (Å²) in [6.07, 6.45) is 3.78. The molecule has 0 aliphatic carbocycles. The topological polar surface area (TPSA) is 73.1 Å². The molecule has 0 radical (unpaired) electrons. The van der Waals surface area contributed by atoms with E-state index in [-0.39, 0.29) is 6.10 Å². The highest BCUT2D eigenvalue weighted by molar-refractivity contribution is 7.09. The first-order chi connectivity index (χ1) is 11.8. The van der Waals surface area contributed by atoms with Crippen LogP contribution < -0.4 is 5.32 Å². The summed E-state index contributed by atoms with van der Waals surface area (Å²) in [5.41, 5.74) is 2.56. The van der Waals surface area contributed by atoms with Crippen molar-refractivity contribution in [1.29, 1.82) is 0 Å². The Morgan fingerprint density at radius 2 is 2.38 bits per heavy atom. The maximum Gasteiger partial charge on any atom is 0.223 e. The Morgan fingerprint density at radius 1 is 1.42 bits per heavy atom. The maximum absolute atomic E-state index is 5.84. The number of hydrogen-bond acceptors (Lipinski definition) is 7. The first-order valence-corrected chi connectivity index (χ1v) is 8.86. The molecule has 0 amide bonds. The molecule has 4 rings (SSSR count). The molecule has 1 aliphatic heterocycles.